The van der Waals surface area contributed by atoms with Gasteiger partial charge in [-0.3, -0.25) is 0 Å². The molecule has 0 unspecified atom stereocenters. The molecule has 0 spiro atoms. The van der Waals surface area contributed by atoms with E-state index in [0.717, 1.165) is 6.42 Å². The minimum absolute atomic E-state index is 0.188. The van der Waals surface area contributed by atoms with Gasteiger partial charge in [0.15, 0.2) is 0 Å². The van der Waals surface area contributed by atoms with Crippen LogP contribution in [0.3, 0.4) is 0 Å². The molecule has 2 N–H and O–H groups in total. The highest BCUT2D eigenvalue weighted by Crippen LogP contribution is 2.48. The van der Waals surface area contributed by atoms with Gasteiger partial charge in [-0.15, -0.1) is 0 Å². The number of rotatable bonds is 0. The van der Waals surface area contributed by atoms with Crippen molar-refractivity contribution in [1.29, 1.82) is 0 Å². The van der Waals surface area contributed by atoms with Gasteiger partial charge in [-0.05, 0) is 39.5 Å². The Labute approximate surface area is 78.7 Å². The smallest absolute Gasteiger partial charge is 0.114 e. The summed E-state index contributed by atoms with van der Waals surface area (Å²) in [7, 11) is 0. The van der Waals surface area contributed by atoms with E-state index in [9.17, 15) is 10.2 Å². The predicted octanol–water partition coefficient (Wildman–Crippen LogP) is 0.686. The lowest BCUT2D eigenvalue weighted by atomic mass is 9.73. The van der Waals surface area contributed by atoms with Crippen LogP contribution in [0.5, 0.6) is 0 Å². The van der Waals surface area contributed by atoms with Gasteiger partial charge in [0.05, 0.1) is 17.8 Å². The van der Waals surface area contributed by atoms with Crippen molar-refractivity contribution in [3.05, 3.63) is 0 Å². The molecule has 1 heterocycles. The molecular formula is C10H18O3. The van der Waals surface area contributed by atoms with Crippen LogP contribution in [0.1, 0.15) is 33.6 Å². The molecule has 2 aliphatic rings. The quantitative estimate of drug-likeness (QED) is 0.585. The fourth-order valence-corrected chi connectivity index (χ4v) is 2.51. The van der Waals surface area contributed by atoms with Gasteiger partial charge in [0.1, 0.15) is 5.60 Å². The number of aliphatic hydroxyl groups excluding tert-OH is 1. The zero-order valence-corrected chi connectivity index (χ0v) is 8.45. The van der Waals surface area contributed by atoms with E-state index in [1.807, 2.05) is 13.8 Å². The summed E-state index contributed by atoms with van der Waals surface area (Å²) in [6.45, 7) is 5.73. The minimum Gasteiger partial charge on any atom is -0.390 e. The monoisotopic (exact) mass is 186 g/mol. The van der Waals surface area contributed by atoms with Crippen molar-refractivity contribution in [2.45, 2.75) is 57.0 Å². The van der Waals surface area contributed by atoms with Crippen molar-refractivity contribution >= 4 is 0 Å². The molecule has 1 saturated carbocycles. The Balaban J connectivity index is 2.27. The highest BCUT2D eigenvalue weighted by molar-refractivity contribution is 5.06. The summed E-state index contributed by atoms with van der Waals surface area (Å²) >= 11 is 0. The van der Waals surface area contributed by atoms with Crippen LogP contribution in [-0.4, -0.2) is 33.6 Å². The van der Waals surface area contributed by atoms with Crippen molar-refractivity contribution < 1.29 is 14.9 Å². The maximum atomic E-state index is 9.99. The van der Waals surface area contributed by atoms with Crippen LogP contribution in [0.25, 0.3) is 0 Å². The zero-order chi connectivity index (χ0) is 9.85. The molecule has 2 bridgehead atoms. The fraction of sp³-hybridized carbons (Fsp3) is 1.00. The first-order valence-electron chi connectivity index (χ1n) is 4.92. The first kappa shape index (κ1) is 9.44. The molecule has 2 fully saturated rings. The molecule has 3 nitrogen and oxygen atoms in total. The Bertz CT molecular complexity index is 222. The first-order chi connectivity index (χ1) is 5.84. The second-order valence-electron chi connectivity index (χ2n) is 5.12. The molecule has 2 rings (SSSR count). The number of hydrogen-bond acceptors (Lipinski definition) is 3. The lowest BCUT2D eigenvalue weighted by Gasteiger charge is -2.37. The molecular weight excluding hydrogens is 168 g/mol. The van der Waals surface area contributed by atoms with Gasteiger partial charge < -0.3 is 14.9 Å². The van der Waals surface area contributed by atoms with Crippen LogP contribution in [0.4, 0.5) is 0 Å². The Morgan fingerprint density at radius 1 is 1.23 bits per heavy atom. The summed E-state index contributed by atoms with van der Waals surface area (Å²) < 4.78 is 5.75. The maximum Gasteiger partial charge on any atom is 0.114 e. The van der Waals surface area contributed by atoms with E-state index in [1.165, 1.54) is 0 Å². The lowest BCUT2D eigenvalue weighted by Crippen LogP contribution is -2.51. The van der Waals surface area contributed by atoms with Crippen molar-refractivity contribution in [1.82, 2.24) is 0 Å². The summed E-state index contributed by atoms with van der Waals surface area (Å²) in [5, 5.41) is 19.7. The van der Waals surface area contributed by atoms with Gasteiger partial charge in [0.25, 0.3) is 0 Å². The van der Waals surface area contributed by atoms with Crippen LogP contribution < -0.4 is 0 Å². The minimum atomic E-state index is -1.07. The molecule has 76 valence electrons. The normalized spacial score (nSPS) is 53.8. The van der Waals surface area contributed by atoms with E-state index in [1.54, 1.807) is 6.92 Å². The van der Waals surface area contributed by atoms with Gasteiger partial charge >= 0.3 is 0 Å². The summed E-state index contributed by atoms with van der Waals surface area (Å²) in [4.78, 5) is 0. The van der Waals surface area contributed by atoms with E-state index in [-0.39, 0.29) is 11.7 Å². The molecule has 4 atom stereocenters. The van der Waals surface area contributed by atoms with Gasteiger partial charge in [-0.2, -0.15) is 0 Å². The third-order valence-corrected chi connectivity index (χ3v) is 3.76. The fourth-order valence-electron chi connectivity index (χ4n) is 2.51. The second kappa shape index (κ2) is 2.47. The van der Waals surface area contributed by atoms with Crippen LogP contribution in [0, 0.1) is 5.92 Å². The van der Waals surface area contributed by atoms with Crippen LogP contribution in [0.2, 0.25) is 0 Å². The highest BCUT2D eigenvalue weighted by atomic mass is 16.5. The van der Waals surface area contributed by atoms with Gasteiger partial charge in [-0.25, -0.2) is 0 Å². The molecule has 13 heavy (non-hydrogen) atoms. The third-order valence-electron chi connectivity index (χ3n) is 3.76. The van der Waals surface area contributed by atoms with Crippen molar-refractivity contribution in [3.63, 3.8) is 0 Å². The topological polar surface area (TPSA) is 49.7 Å². The standard InChI is InChI=1S/C10H18O3/c1-9(2)6-4-7(11)10(3,12)8(5-6)13-9/h6-8,11-12H,4-5H2,1-3H3/t6-,7+,8-,10-/m0/s1. The lowest BCUT2D eigenvalue weighted by molar-refractivity contribution is -0.156. The Hall–Kier alpha value is -0.120. The van der Waals surface area contributed by atoms with E-state index in [4.69, 9.17) is 4.74 Å². The molecule has 1 aliphatic heterocycles. The third kappa shape index (κ3) is 1.22. The first-order valence-corrected chi connectivity index (χ1v) is 4.92. The van der Waals surface area contributed by atoms with E-state index < -0.39 is 11.7 Å². The summed E-state index contributed by atoms with van der Waals surface area (Å²) in [5.41, 5.74) is -1.25. The van der Waals surface area contributed by atoms with E-state index in [0.29, 0.717) is 12.3 Å². The van der Waals surface area contributed by atoms with Gasteiger partial charge in [-0.1, -0.05) is 0 Å². The van der Waals surface area contributed by atoms with Crippen LogP contribution >= 0.6 is 0 Å². The summed E-state index contributed by atoms with van der Waals surface area (Å²) in [5.74, 6) is 0.382. The average Bonchev–Trinajstić information content (AvgIpc) is 2.23. The molecule has 1 saturated heterocycles. The van der Waals surface area contributed by atoms with Gasteiger partial charge in [0, 0.05) is 0 Å². The molecule has 1 aliphatic carbocycles. The summed E-state index contributed by atoms with van der Waals surface area (Å²) in [6, 6.07) is 0. The van der Waals surface area contributed by atoms with E-state index in [2.05, 4.69) is 0 Å². The Morgan fingerprint density at radius 3 is 2.46 bits per heavy atom. The number of hydrogen-bond donors (Lipinski definition) is 2. The SMILES string of the molecule is CC1(C)O[C@H]2C[C@@H]1C[C@@H](O)[C@]2(C)O. The maximum absolute atomic E-state index is 9.99. The Kier molecular flexibility index (Phi) is 1.79. The summed E-state index contributed by atoms with van der Waals surface area (Å²) in [6.07, 6.45) is 0.683. The largest absolute Gasteiger partial charge is 0.390 e. The van der Waals surface area contributed by atoms with E-state index >= 15 is 0 Å². The molecule has 3 heteroatoms. The zero-order valence-electron chi connectivity index (χ0n) is 8.45. The average molecular weight is 186 g/mol. The van der Waals surface area contributed by atoms with Crippen molar-refractivity contribution in [2.24, 2.45) is 5.92 Å². The number of ether oxygens (including phenoxy) is 1. The van der Waals surface area contributed by atoms with Crippen LogP contribution in [-0.2, 0) is 4.74 Å². The molecule has 0 aromatic carbocycles. The van der Waals surface area contributed by atoms with Crippen molar-refractivity contribution in [3.8, 4) is 0 Å². The predicted molar refractivity (Wildman–Crippen MR) is 48.3 cm³/mol. The molecule has 0 aromatic heterocycles. The molecule has 0 amide bonds. The Morgan fingerprint density at radius 2 is 1.85 bits per heavy atom. The van der Waals surface area contributed by atoms with Crippen molar-refractivity contribution in [2.75, 3.05) is 0 Å². The molecule has 0 radical (unpaired) electrons. The van der Waals surface area contributed by atoms with Gasteiger partial charge in [0.2, 0.25) is 0 Å². The number of aliphatic hydroxyl groups is 2. The van der Waals surface area contributed by atoms with Crippen LogP contribution in [0.15, 0.2) is 0 Å². The molecule has 0 aromatic rings. The highest BCUT2D eigenvalue weighted by Gasteiger charge is 2.56. The number of fused-ring (bicyclic) bond motifs is 2. The second-order valence-corrected chi connectivity index (χ2v) is 5.12.